The SMILES string of the molecule is C=C(N=C(C)c1ccc(OC(C)C)c(N)c1)c1cccc2c1CC[C@@H]2N[C@H](C)C(=O)O. The molecule has 1 aliphatic rings. The van der Waals surface area contributed by atoms with Crippen LogP contribution in [0.4, 0.5) is 5.69 Å². The van der Waals surface area contributed by atoms with Crippen LogP contribution < -0.4 is 15.8 Å². The van der Waals surface area contributed by atoms with Crippen LogP contribution in [0.1, 0.15) is 62.4 Å². The molecule has 2 atom stereocenters. The van der Waals surface area contributed by atoms with Gasteiger partial charge in [0.2, 0.25) is 0 Å². The highest BCUT2D eigenvalue weighted by Gasteiger charge is 2.27. The van der Waals surface area contributed by atoms with Crippen LogP contribution >= 0.6 is 0 Å². The van der Waals surface area contributed by atoms with E-state index in [9.17, 15) is 9.90 Å². The first-order chi connectivity index (χ1) is 14.7. The van der Waals surface area contributed by atoms with Crippen LogP contribution in [0.15, 0.2) is 48.0 Å². The van der Waals surface area contributed by atoms with Gasteiger partial charge in [-0.3, -0.25) is 15.1 Å². The second-order valence-electron chi connectivity index (χ2n) is 8.25. The average Bonchev–Trinajstić information content (AvgIpc) is 3.11. The van der Waals surface area contributed by atoms with Crippen molar-refractivity contribution in [2.75, 3.05) is 5.73 Å². The van der Waals surface area contributed by atoms with Gasteiger partial charge in [0.05, 0.1) is 17.5 Å². The highest BCUT2D eigenvalue weighted by Crippen LogP contribution is 2.36. The molecular formula is C25H31N3O3. The molecule has 2 aromatic carbocycles. The molecule has 0 heterocycles. The molecule has 0 unspecified atom stereocenters. The molecular weight excluding hydrogens is 390 g/mol. The van der Waals surface area contributed by atoms with Gasteiger partial charge in [-0.25, -0.2) is 0 Å². The summed E-state index contributed by atoms with van der Waals surface area (Å²) in [6, 6.07) is 11.2. The van der Waals surface area contributed by atoms with Gasteiger partial charge in [0.25, 0.3) is 0 Å². The molecule has 0 spiro atoms. The Kier molecular flexibility index (Phi) is 6.81. The third-order valence-electron chi connectivity index (χ3n) is 5.50. The Hall–Kier alpha value is -3.12. The highest BCUT2D eigenvalue weighted by atomic mass is 16.5. The summed E-state index contributed by atoms with van der Waals surface area (Å²) in [7, 11) is 0. The fraction of sp³-hybridized carbons (Fsp3) is 0.360. The van der Waals surface area contributed by atoms with E-state index < -0.39 is 12.0 Å². The van der Waals surface area contributed by atoms with Gasteiger partial charge in [-0.05, 0) is 75.4 Å². The van der Waals surface area contributed by atoms with Gasteiger partial charge in [0, 0.05) is 17.3 Å². The lowest BCUT2D eigenvalue weighted by Gasteiger charge is -2.18. The first kappa shape index (κ1) is 22.6. The fourth-order valence-electron chi connectivity index (χ4n) is 3.93. The zero-order valence-electron chi connectivity index (χ0n) is 18.6. The number of nitrogens with two attached hydrogens (primary N) is 1. The number of aliphatic carboxylic acids is 1. The Labute approximate surface area is 183 Å². The monoisotopic (exact) mass is 421 g/mol. The number of ether oxygens (including phenoxy) is 1. The molecule has 4 N–H and O–H groups in total. The third kappa shape index (κ3) is 5.14. The number of rotatable bonds is 8. The number of nitrogen functional groups attached to an aromatic ring is 1. The molecule has 0 aliphatic heterocycles. The van der Waals surface area contributed by atoms with Crippen LogP contribution in [0.2, 0.25) is 0 Å². The normalized spacial score (nSPS) is 16.8. The second-order valence-corrected chi connectivity index (χ2v) is 8.25. The molecule has 6 nitrogen and oxygen atoms in total. The van der Waals surface area contributed by atoms with Gasteiger partial charge in [0.1, 0.15) is 11.8 Å². The Morgan fingerprint density at radius 3 is 2.68 bits per heavy atom. The van der Waals surface area contributed by atoms with E-state index in [4.69, 9.17) is 15.5 Å². The first-order valence-corrected chi connectivity index (χ1v) is 10.6. The lowest BCUT2D eigenvalue weighted by molar-refractivity contribution is -0.139. The van der Waals surface area contributed by atoms with Gasteiger partial charge in [-0.2, -0.15) is 0 Å². The van der Waals surface area contributed by atoms with E-state index in [1.54, 1.807) is 6.92 Å². The summed E-state index contributed by atoms with van der Waals surface area (Å²) in [5.74, 6) is -0.182. The summed E-state index contributed by atoms with van der Waals surface area (Å²) >= 11 is 0. The molecule has 3 rings (SSSR count). The van der Waals surface area contributed by atoms with Crippen LogP contribution in [0.5, 0.6) is 5.75 Å². The van der Waals surface area contributed by atoms with Gasteiger partial charge < -0.3 is 15.6 Å². The summed E-state index contributed by atoms with van der Waals surface area (Å²) in [5.41, 5.74) is 12.4. The van der Waals surface area contributed by atoms with Crippen LogP contribution in [0.3, 0.4) is 0 Å². The molecule has 31 heavy (non-hydrogen) atoms. The molecule has 0 fully saturated rings. The molecule has 0 amide bonds. The molecule has 0 saturated heterocycles. The van der Waals surface area contributed by atoms with E-state index in [1.807, 2.05) is 51.1 Å². The number of anilines is 1. The van der Waals surface area contributed by atoms with Gasteiger partial charge in [-0.1, -0.05) is 24.8 Å². The number of nitrogens with zero attached hydrogens (tertiary/aromatic N) is 1. The molecule has 2 aromatic rings. The van der Waals surface area contributed by atoms with Crippen molar-refractivity contribution in [3.8, 4) is 5.75 Å². The minimum absolute atomic E-state index is 0.0206. The van der Waals surface area contributed by atoms with Gasteiger partial charge >= 0.3 is 5.97 Å². The molecule has 0 saturated carbocycles. The maximum Gasteiger partial charge on any atom is 0.320 e. The van der Waals surface area contributed by atoms with Crippen LogP contribution in [-0.4, -0.2) is 28.9 Å². The number of carbonyl (C=O) groups is 1. The van der Waals surface area contributed by atoms with E-state index >= 15 is 0 Å². The summed E-state index contributed by atoms with van der Waals surface area (Å²) in [6.45, 7) is 11.7. The Balaban J connectivity index is 1.83. The van der Waals surface area contributed by atoms with Crippen molar-refractivity contribution in [1.29, 1.82) is 0 Å². The standard InChI is InChI=1S/C25H31N3O3/c1-14(2)31-24-12-9-18(13-22(24)26)15(3)27-16(4)19-7-6-8-21-20(19)10-11-23(21)28-17(5)25(29)30/h6-9,12-14,17,23,28H,4,10-11,26H2,1-3,5H3,(H,29,30)/t17-,23+/m1/s1. The number of carboxylic acid groups (broad SMARTS) is 1. The molecule has 6 heteroatoms. The van der Waals surface area contributed by atoms with E-state index in [0.717, 1.165) is 35.2 Å². The minimum atomic E-state index is -0.849. The van der Waals surface area contributed by atoms with Crippen molar-refractivity contribution in [3.05, 3.63) is 65.2 Å². The summed E-state index contributed by atoms with van der Waals surface area (Å²) in [6.07, 6.45) is 1.77. The van der Waals surface area contributed by atoms with E-state index in [2.05, 4.69) is 18.0 Å². The van der Waals surface area contributed by atoms with Crippen molar-refractivity contribution < 1.29 is 14.6 Å². The fourth-order valence-corrected chi connectivity index (χ4v) is 3.93. The lowest BCUT2D eigenvalue weighted by Crippen LogP contribution is -2.35. The zero-order valence-corrected chi connectivity index (χ0v) is 18.6. The Bertz CT molecular complexity index is 1030. The van der Waals surface area contributed by atoms with E-state index in [-0.39, 0.29) is 12.1 Å². The van der Waals surface area contributed by atoms with Crippen LogP contribution in [-0.2, 0) is 11.2 Å². The second kappa shape index (κ2) is 9.35. The van der Waals surface area contributed by atoms with Crippen LogP contribution in [0.25, 0.3) is 5.70 Å². The number of aliphatic imine (C=N–C) groups is 1. The molecule has 0 bridgehead atoms. The summed E-state index contributed by atoms with van der Waals surface area (Å²) in [4.78, 5) is 16.0. The number of benzene rings is 2. The number of fused-ring (bicyclic) bond motifs is 1. The average molecular weight is 422 g/mol. The van der Waals surface area contributed by atoms with Crippen molar-refractivity contribution in [1.82, 2.24) is 5.32 Å². The number of carboxylic acids is 1. The Morgan fingerprint density at radius 2 is 2.03 bits per heavy atom. The maximum absolute atomic E-state index is 11.2. The van der Waals surface area contributed by atoms with E-state index in [0.29, 0.717) is 17.1 Å². The predicted octanol–water partition coefficient (Wildman–Crippen LogP) is 4.59. The number of nitrogens with one attached hydrogen (secondary N) is 1. The van der Waals surface area contributed by atoms with Gasteiger partial charge in [0.15, 0.2) is 0 Å². The summed E-state index contributed by atoms with van der Waals surface area (Å²) in [5, 5.41) is 12.4. The van der Waals surface area contributed by atoms with Crippen molar-refractivity contribution in [3.63, 3.8) is 0 Å². The summed E-state index contributed by atoms with van der Waals surface area (Å²) < 4.78 is 5.71. The molecule has 0 radical (unpaired) electrons. The smallest absolute Gasteiger partial charge is 0.320 e. The molecule has 0 aromatic heterocycles. The van der Waals surface area contributed by atoms with Crippen molar-refractivity contribution in [2.45, 2.75) is 58.7 Å². The Morgan fingerprint density at radius 1 is 1.29 bits per heavy atom. The number of hydrogen-bond donors (Lipinski definition) is 3. The topological polar surface area (TPSA) is 96.9 Å². The minimum Gasteiger partial charge on any atom is -0.489 e. The first-order valence-electron chi connectivity index (χ1n) is 10.6. The molecule has 1 aliphatic carbocycles. The largest absolute Gasteiger partial charge is 0.489 e. The highest BCUT2D eigenvalue weighted by molar-refractivity contribution is 6.02. The third-order valence-corrected chi connectivity index (χ3v) is 5.50. The quantitative estimate of drug-likeness (QED) is 0.428. The van der Waals surface area contributed by atoms with E-state index in [1.165, 1.54) is 5.56 Å². The number of hydrogen-bond acceptors (Lipinski definition) is 5. The van der Waals surface area contributed by atoms with Crippen LogP contribution in [0, 0.1) is 0 Å². The molecule has 164 valence electrons. The maximum atomic E-state index is 11.2. The predicted molar refractivity (Wildman–Crippen MR) is 126 cm³/mol. The lowest BCUT2D eigenvalue weighted by atomic mass is 10.00. The van der Waals surface area contributed by atoms with Gasteiger partial charge in [-0.15, -0.1) is 0 Å². The van der Waals surface area contributed by atoms with Crippen molar-refractivity contribution >= 4 is 23.1 Å². The van der Waals surface area contributed by atoms with Crippen molar-refractivity contribution in [2.24, 2.45) is 4.99 Å². The zero-order chi connectivity index (χ0) is 22.7.